The second-order valence-corrected chi connectivity index (χ2v) is 6.35. The molecule has 116 valence electrons. The first-order valence-electron chi connectivity index (χ1n) is 6.83. The second kappa shape index (κ2) is 6.40. The highest BCUT2D eigenvalue weighted by Gasteiger charge is 2.08. The fourth-order valence-corrected chi connectivity index (χ4v) is 3.42. The van der Waals surface area contributed by atoms with Crippen molar-refractivity contribution in [3.63, 3.8) is 0 Å². The fourth-order valence-electron chi connectivity index (χ4n) is 2.17. The number of nitrogens with two attached hydrogens (primary N) is 1. The van der Waals surface area contributed by atoms with Gasteiger partial charge < -0.3 is 10.5 Å². The lowest BCUT2D eigenvalue weighted by molar-refractivity contribution is 0.415. The van der Waals surface area contributed by atoms with E-state index in [1.54, 1.807) is 30.7 Å². The molecule has 0 spiro atoms. The zero-order chi connectivity index (χ0) is 16.4. The molecule has 0 saturated heterocycles. The summed E-state index contributed by atoms with van der Waals surface area (Å²) in [4.78, 5) is 6.40. The molecule has 4 nitrogen and oxygen atoms in total. The van der Waals surface area contributed by atoms with Gasteiger partial charge in [-0.15, -0.1) is 11.3 Å². The Labute approximate surface area is 143 Å². The van der Waals surface area contributed by atoms with Crippen LogP contribution in [0.1, 0.15) is 5.69 Å². The lowest BCUT2D eigenvalue weighted by atomic mass is 10.1. The monoisotopic (exact) mass is 343 g/mol. The van der Waals surface area contributed by atoms with Crippen LogP contribution in [0.15, 0.2) is 48.7 Å². The Morgan fingerprint density at radius 2 is 1.83 bits per heavy atom. The summed E-state index contributed by atoms with van der Waals surface area (Å²) in [5.74, 6) is 0.632. The first-order chi connectivity index (χ1) is 11.1. The summed E-state index contributed by atoms with van der Waals surface area (Å²) in [6.45, 7) is 0. The van der Waals surface area contributed by atoms with Gasteiger partial charge in [0, 0.05) is 21.5 Å². The fraction of sp³-hybridized carbons (Fsp3) is 0.0588. The van der Waals surface area contributed by atoms with Gasteiger partial charge in [-0.2, -0.15) is 0 Å². The van der Waals surface area contributed by atoms with Crippen molar-refractivity contribution < 1.29 is 4.74 Å². The quantitative estimate of drug-likeness (QED) is 0.544. The maximum absolute atomic E-state index is 7.38. The first kappa shape index (κ1) is 15.5. The Morgan fingerprint density at radius 1 is 1.13 bits per heavy atom. The number of thiophene rings is 1. The lowest BCUT2D eigenvalue weighted by Crippen LogP contribution is -2.12. The van der Waals surface area contributed by atoms with Gasteiger partial charge in [0.15, 0.2) is 0 Å². The number of aromatic nitrogens is 1. The Morgan fingerprint density at radius 3 is 2.39 bits per heavy atom. The highest BCUT2D eigenvalue weighted by atomic mass is 35.5. The highest BCUT2D eigenvalue weighted by molar-refractivity contribution is 7.18. The summed E-state index contributed by atoms with van der Waals surface area (Å²) in [5.41, 5.74) is 7.93. The number of methoxy groups -OCH3 is 1. The minimum absolute atomic E-state index is 0.0312. The van der Waals surface area contributed by atoms with Crippen molar-refractivity contribution in [3.8, 4) is 26.6 Å². The van der Waals surface area contributed by atoms with Crippen LogP contribution in [0.25, 0.3) is 20.9 Å². The van der Waals surface area contributed by atoms with Crippen LogP contribution >= 0.6 is 22.9 Å². The summed E-state index contributed by atoms with van der Waals surface area (Å²) in [6.07, 6.45) is 1.73. The molecule has 0 fully saturated rings. The number of amidine groups is 1. The molecular formula is C17H14ClN3OS. The number of hydrogen-bond donors (Lipinski definition) is 2. The Balaban J connectivity index is 1.91. The van der Waals surface area contributed by atoms with Gasteiger partial charge in [0.05, 0.1) is 12.1 Å². The third-order valence-corrected chi connectivity index (χ3v) is 4.85. The van der Waals surface area contributed by atoms with Crippen LogP contribution in [0.5, 0.6) is 5.75 Å². The van der Waals surface area contributed by atoms with Crippen molar-refractivity contribution >= 4 is 28.8 Å². The summed E-state index contributed by atoms with van der Waals surface area (Å²) >= 11 is 7.84. The van der Waals surface area contributed by atoms with Crippen LogP contribution in [0.2, 0.25) is 5.02 Å². The molecule has 23 heavy (non-hydrogen) atoms. The molecule has 6 heteroatoms. The zero-order valence-corrected chi connectivity index (χ0v) is 13.9. The molecular weight excluding hydrogens is 330 g/mol. The van der Waals surface area contributed by atoms with E-state index in [-0.39, 0.29) is 5.84 Å². The van der Waals surface area contributed by atoms with E-state index in [2.05, 4.69) is 11.1 Å². The molecule has 2 aromatic heterocycles. The van der Waals surface area contributed by atoms with Gasteiger partial charge in [-0.3, -0.25) is 10.4 Å². The maximum atomic E-state index is 7.38. The van der Waals surface area contributed by atoms with Crippen molar-refractivity contribution in [2.45, 2.75) is 0 Å². The van der Waals surface area contributed by atoms with E-state index >= 15 is 0 Å². The second-order valence-electron chi connectivity index (χ2n) is 4.86. The van der Waals surface area contributed by atoms with Gasteiger partial charge in [0.25, 0.3) is 0 Å². The van der Waals surface area contributed by atoms with E-state index < -0.39 is 0 Å². The van der Waals surface area contributed by atoms with E-state index in [0.29, 0.717) is 16.5 Å². The van der Waals surface area contributed by atoms with Gasteiger partial charge in [-0.1, -0.05) is 11.6 Å². The molecule has 0 unspecified atom stereocenters. The van der Waals surface area contributed by atoms with Crippen LogP contribution < -0.4 is 10.5 Å². The molecule has 3 aromatic rings. The molecule has 3 rings (SSSR count). The van der Waals surface area contributed by atoms with Gasteiger partial charge >= 0.3 is 0 Å². The third kappa shape index (κ3) is 3.21. The number of nitrogen functional groups attached to an aromatic ring is 1. The number of rotatable bonds is 4. The predicted octanol–water partition coefficient (Wildman–Crippen LogP) is 4.42. The third-order valence-electron chi connectivity index (χ3n) is 3.37. The largest absolute Gasteiger partial charge is 0.495 e. The molecule has 0 aliphatic heterocycles. The number of pyridine rings is 1. The van der Waals surface area contributed by atoms with Crippen LogP contribution in [-0.4, -0.2) is 17.9 Å². The van der Waals surface area contributed by atoms with Gasteiger partial charge in [0.1, 0.15) is 17.3 Å². The normalized spacial score (nSPS) is 10.5. The average molecular weight is 344 g/mol. The number of hydrogen-bond acceptors (Lipinski definition) is 4. The molecule has 0 atom stereocenters. The number of benzene rings is 1. The topological polar surface area (TPSA) is 72.0 Å². The van der Waals surface area contributed by atoms with E-state index in [1.165, 1.54) is 0 Å². The van der Waals surface area contributed by atoms with Gasteiger partial charge in [-0.25, -0.2) is 0 Å². The molecule has 3 N–H and O–H groups in total. The summed E-state index contributed by atoms with van der Waals surface area (Å²) in [5, 5.41) is 7.97. The average Bonchev–Trinajstić information content (AvgIpc) is 3.05. The van der Waals surface area contributed by atoms with Crippen molar-refractivity contribution in [3.05, 3.63) is 59.4 Å². The van der Waals surface area contributed by atoms with Crippen molar-refractivity contribution in [1.82, 2.24) is 4.98 Å². The van der Waals surface area contributed by atoms with Crippen LogP contribution in [-0.2, 0) is 0 Å². The van der Waals surface area contributed by atoms with Gasteiger partial charge in [0.2, 0.25) is 0 Å². The molecule has 0 aliphatic carbocycles. The maximum Gasteiger partial charge on any atom is 0.141 e. The molecule has 0 amide bonds. The van der Waals surface area contributed by atoms with E-state index in [4.69, 9.17) is 27.5 Å². The van der Waals surface area contributed by atoms with E-state index in [9.17, 15) is 0 Å². The van der Waals surface area contributed by atoms with Crippen molar-refractivity contribution in [1.29, 1.82) is 5.41 Å². The molecule has 2 heterocycles. The molecule has 0 aliphatic rings. The van der Waals surface area contributed by atoms with Crippen molar-refractivity contribution in [2.24, 2.45) is 5.73 Å². The number of nitrogens with zero attached hydrogens (tertiary/aromatic N) is 1. The Hall–Kier alpha value is -2.37. The van der Waals surface area contributed by atoms with E-state index in [1.807, 2.05) is 30.3 Å². The van der Waals surface area contributed by atoms with E-state index in [0.717, 1.165) is 20.9 Å². The standard InChI is InChI=1S/C17H14ClN3OS/c1-22-14-5-3-10(8-12(14)18)15-6-7-16(23-15)11-2-4-13(17(19)20)21-9-11/h2-9H,1H3,(H3,19,20). The summed E-state index contributed by atoms with van der Waals surface area (Å²) in [7, 11) is 1.60. The number of nitrogens with one attached hydrogen (secondary N) is 1. The highest BCUT2D eigenvalue weighted by Crippen LogP contribution is 2.37. The smallest absolute Gasteiger partial charge is 0.141 e. The lowest BCUT2D eigenvalue weighted by Gasteiger charge is -2.04. The number of halogens is 1. The van der Waals surface area contributed by atoms with Gasteiger partial charge in [-0.05, 0) is 48.0 Å². The molecule has 1 aromatic carbocycles. The SMILES string of the molecule is COc1ccc(-c2ccc(-c3ccc(C(=N)N)nc3)s2)cc1Cl. The number of ether oxygens (including phenoxy) is 1. The summed E-state index contributed by atoms with van der Waals surface area (Å²) < 4.78 is 5.18. The van der Waals surface area contributed by atoms with Crippen LogP contribution in [0.4, 0.5) is 0 Å². The van der Waals surface area contributed by atoms with Crippen LogP contribution in [0, 0.1) is 5.41 Å². The first-order valence-corrected chi connectivity index (χ1v) is 8.02. The molecule has 0 saturated carbocycles. The Bertz CT molecular complexity index is 859. The van der Waals surface area contributed by atoms with Crippen LogP contribution in [0.3, 0.4) is 0 Å². The summed E-state index contributed by atoms with van der Waals surface area (Å²) in [6, 6.07) is 13.5. The predicted molar refractivity (Wildman–Crippen MR) is 95.6 cm³/mol. The Kier molecular flexibility index (Phi) is 4.32. The van der Waals surface area contributed by atoms with Crippen molar-refractivity contribution in [2.75, 3.05) is 7.11 Å². The minimum Gasteiger partial charge on any atom is -0.495 e. The minimum atomic E-state index is -0.0312. The molecule has 0 radical (unpaired) electrons. The zero-order valence-electron chi connectivity index (χ0n) is 12.3. The molecule has 0 bridgehead atoms.